The van der Waals surface area contributed by atoms with Crippen molar-refractivity contribution in [2.24, 2.45) is 0 Å². The third-order valence-electron chi connectivity index (χ3n) is 2.66. The molecule has 0 unspecified atom stereocenters. The lowest BCUT2D eigenvalue weighted by Gasteiger charge is -2.08. The van der Waals surface area contributed by atoms with Crippen molar-refractivity contribution >= 4 is 18.4 Å². The van der Waals surface area contributed by atoms with E-state index in [0.29, 0.717) is 10.9 Å². The lowest BCUT2D eigenvalue weighted by molar-refractivity contribution is 0.372. The third-order valence-corrected chi connectivity index (χ3v) is 3.46. The molecule has 90 valence electrons. The van der Waals surface area contributed by atoms with Crippen molar-refractivity contribution in [1.82, 2.24) is 0 Å². The fourth-order valence-corrected chi connectivity index (χ4v) is 2.30. The first-order chi connectivity index (χ1) is 7.97. The van der Waals surface area contributed by atoms with Crippen molar-refractivity contribution in [3.05, 3.63) is 42.0 Å². The van der Waals surface area contributed by atoms with Gasteiger partial charge in [0.2, 0.25) is 0 Å². The molecule has 0 heterocycles. The van der Waals surface area contributed by atoms with Crippen LogP contribution in [0.25, 0.3) is 10.8 Å². The summed E-state index contributed by atoms with van der Waals surface area (Å²) in [7, 11) is -4.02. The Kier molecular flexibility index (Phi) is 3.20. The molecule has 4 nitrogen and oxygen atoms in total. The molecule has 0 aliphatic rings. The van der Waals surface area contributed by atoms with Gasteiger partial charge in [-0.2, -0.15) is 0 Å². The molecule has 17 heavy (non-hydrogen) atoms. The molecule has 0 atom stereocenters. The third kappa shape index (κ3) is 2.86. The van der Waals surface area contributed by atoms with Crippen LogP contribution in [0.1, 0.15) is 5.56 Å². The molecule has 0 aliphatic heterocycles. The van der Waals surface area contributed by atoms with E-state index in [-0.39, 0.29) is 18.3 Å². The van der Waals surface area contributed by atoms with Gasteiger partial charge in [-0.3, -0.25) is 4.57 Å². The molecule has 0 aromatic heterocycles. The van der Waals surface area contributed by atoms with Crippen LogP contribution in [0.2, 0.25) is 0 Å². The van der Waals surface area contributed by atoms with Crippen molar-refractivity contribution < 1.29 is 19.5 Å². The molecule has 3 N–H and O–H groups in total. The first-order valence-electron chi connectivity index (χ1n) is 5.21. The average molecular weight is 252 g/mol. The molecule has 2 aromatic rings. The molecule has 0 saturated heterocycles. The van der Waals surface area contributed by atoms with Crippen LogP contribution in [0.5, 0.6) is 5.75 Å². The predicted octanol–water partition coefficient (Wildman–Crippen LogP) is 2.27. The molecular weight excluding hydrogens is 239 g/mol. The highest BCUT2D eigenvalue weighted by atomic mass is 31.2. The van der Waals surface area contributed by atoms with Gasteiger partial charge in [0.1, 0.15) is 5.75 Å². The number of fused-ring (bicyclic) bond motifs is 1. The van der Waals surface area contributed by atoms with E-state index in [1.54, 1.807) is 12.1 Å². The number of aryl methyl sites for hydroxylation is 1. The zero-order valence-electron chi connectivity index (χ0n) is 9.08. The lowest BCUT2D eigenvalue weighted by atomic mass is 10.0. The molecule has 0 aliphatic carbocycles. The number of benzene rings is 2. The van der Waals surface area contributed by atoms with E-state index in [4.69, 9.17) is 9.79 Å². The first kappa shape index (κ1) is 12.1. The molecule has 2 rings (SSSR count). The molecule has 0 amide bonds. The Hall–Kier alpha value is -1.35. The SMILES string of the molecule is O=P(O)(O)CCc1ccc2ccccc2c1O. The zero-order valence-corrected chi connectivity index (χ0v) is 9.97. The fourth-order valence-electron chi connectivity index (χ4n) is 1.77. The summed E-state index contributed by atoms with van der Waals surface area (Å²) < 4.78 is 10.8. The second-order valence-corrected chi connectivity index (χ2v) is 5.71. The summed E-state index contributed by atoms with van der Waals surface area (Å²) in [6.45, 7) is 0. The van der Waals surface area contributed by atoms with Crippen LogP contribution in [0.15, 0.2) is 36.4 Å². The molecule has 0 spiro atoms. The molecule has 5 heteroatoms. The molecule has 0 radical (unpaired) electrons. The number of aromatic hydroxyl groups is 1. The summed E-state index contributed by atoms with van der Waals surface area (Å²) in [5.74, 6) is 0.108. The normalized spacial score (nSPS) is 11.9. The molecular formula is C12H13O4P. The molecule has 0 fully saturated rings. The Morgan fingerprint density at radius 1 is 1.06 bits per heavy atom. The van der Waals surface area contributed by atoms with E-state index in [0.717, 1.165) is 5.39 Å². The van der Waals surface area contributed by atoms with Gasteiger partial charge in [-0.25, -0.2) is 0 Å². The van der Waals surface area contributed by atoms with E-state index >= 15 is 0 Å². The van der Waals surface area contributed by atoms with Crippen LogP contribution in [0, 0.1) is 0 Å². The number of hydrogen-bond acceptors (Lipinski definition) is 2. The van der Waals surface area contributed by atoms with Gasteiger partial charge in [0.15, 0.2) is 0 Å². The number of phenolic OH excluding ortho intramolecular Hbond substituents is 1. The highest BCUT2D eigenvalue weighted by Gasteiger charge is 2.14. The van der Waals surface area contributed by atoms with Crippen LogP contribution in [-0.2, 0) is 11.0 Å². The van der Waals surface area contributed by atoms with Gasteiger partial charge in [-0.05, 0) is 17.4 Å². The quantitative estimate of drug-likeness (QED) is 0.732. The molecule has 2 aromatic carbocycles. The van der Waals surface area contributed by atoms with Gasteiger partial charge in [-0.15, -0.1) is 0 Å². The van der Waals surface area contributed by atoms with Crippen molar-refractivity contribution in [2.75, 3.05) is 6.16 Å². The minimum absolute atomic E-state index is 0.108. The number of hydrogen-bond donors (Lipinski definition) is 3. The molecule has 0 saturated carbocycles. The highest BCUT2D eigenvalue weighted by molar-refractivity contribution is 7.51. The smallest absolute Gasteiger partial charge is 0.325 e. The fraction of sp³-hybridized carbons (Fsp3) is 0.167. The van der Waals surface area contributed by atoms with Crippen LogP contribution in [0.3, 0.4) is 0 Å². The van der Waals surface area contributed by atoms with Gasteiger partial charge in [0.25, 0.3) is 0 Å². The Bertz CT molecular complexity index is 588. The maximum Gasteiger partial charge on any atom is 0.325 e. The average Bonchev–Trinajstić information content (AvgIpc) is 2.27. The van der Waals surface area contributed by atoms with Crippen molar-refractivity contribution in [3.63, 3.8) is 0 Å². The van der Waals surface area contributed by atoms with Gasteiger partial charge >= 0.3 is 7.60 Å². The first-order valence-corrected chi connectivity index (χ1v) is 7.01. The monoisotopic (exact) mass is 252 g/mol. The summed E-state index contributed by atoms with van der Waals surface area (Å²) in [5.41, 5.74) is 0.562. The van der Waals surface area contributed by atoms with E-state index in [1.807, 2.05) is 24.3 Å². The lowest BCUT2D eigenvalue weighted by Crippen LogP contribution is -1.94. The highest BCUT2D eigenvalue weighted by Crippen LogP contribution is 2.37. The van der Waals surface area contributed by atoms with Crippen LogP contribution >= 0.6 is 7.60 Å². The standard InChI is InChI=1S/C12H13O4P/c13-12-10(7-8-17(14,15)16)6-5-9-3-1-2-4-11(9)12/h1-6,13H,7-8H2,(H2,14,15,16). The van der Waals surface area contributed by atoms with Crippen molar-refractivity contribution in [3.8, 4) is 5.75 Å². The predicted molar refractivity (Wildman–Crippen MR) is 66.2 cm³/mol. The van der Waals surface area contributed by atoms with Crippen molar-refractivity contribution in [2.45, 2.75) is 6.42 Å². The van der Waals surface area contributed by atoms with Gasteiger partial charge in [0, 0.05) is 5.39 Å². The second kappa shape index (κ2) is 4.49. The minimum atomic E-state index is -4.02. The summed E-state index contributed by atoms with van der Waals surface area (Å²) >= 11 is 0. The largest absolute Gasteiger partial charge is 0.507 e. The van der Waals surface area contributed by atoms with Crippen LogP contribution < -0.4 is 0 Å². The summed E-state index contributed by atoms with van der Waals surface area (Å²) in [5, 5.41) is 11.6. The minimum Gasteiger partial charge on any atom is -0.507 e. The Morgan fingerprint density at radius 3 is 2.47 bits per heavy atom. The van der Waals surface area contributed by atoms with Gasteiger partial charge in [-0.1, -0.05) is 36.4 Å². The van der Waals surface area contributed by atoms with E-state index < -0.39 is 7.60 Å². The van der Waals surface area contributed by atoms with Gasteiger partial charge < -0.3 is 14.9 Å². The molecule has 0 bridgehead atoms. The van der Waals surface area contributed by atoms with Crippen LogP contribution in [-0.4, -0.2) is 21.1 Å². The Balaban J connectivity index is 2.36. The van der Waals surface area contributed by atoms with Crippen molar-refractivity contribution in [1.29, 1.82) is 0 Å². The number of rotatable bonds is 3. The maximum absolute atomic E-state index is 10.8. The van der Waals surface area contributed by atoms with Crippen LogP contribution in [0.4, 0.5) is 0 Å². The van der Waals surface area contributed by atoms with Gasteiger partial charge in [0.05, 0.1) is 6.16 Å². The zero-order chi connectivity index (χ0) is 12.5. The van der Waals surface area contributed by atoms with E-state index in [1.165, 1.54) is 0 Å². The second-order valence-electron chi connectivity index (χ2n) is 3.93. The van der Waals surface area contributed by atoms with E-state index in [2.05, 4.69) is 0 Å². The summed E-state index contributed by atoms with van der Waals surface area (Å²) in [4.78, 5) is 17.6. The maximum atomic E-state index is 10.8. The number of phenols is 1. The van der Waals surface area contributed by atoms with E-state index in [9.17, 15) is 9.67 Å². The topological polar surface area (TPSA) is 77.8 Å². The Morgan fingerprint density at radius 2 is 1.76 bits per heavy atom. The summed E-state index contributed by atoms with van der Waals surface area (Å²) in [6, 6.07) is 10.9. The summed E-state index contributed by atoms with van der Waals surface area (Å²) in [6.07, 6.45) is -0.0835. The Labute approximate surface area is 98.7 Å².